The summed E-state index contributed by atoms with van der Waals surface area (Å²) in [7, 11) is 0. The zero-order chi connectivity index (χ0) is 18.9. The first-order valence-corrected chi connectivity index (χ1v) is 7.56. The highest BCUT2D eigenvalue weighted by Gasteiger charge is 2.38. The van der Waals surface area contributed by atoms with E-state index in [0.29, 0.717) is 0 Å². The molecule has 0 spiro atoms. The zero-order valence-electron chi connectivity index (χ0n) is 13.0. The fourth-order valence-electron chi connectivity index (χ4n) is 1.41. The summed E-state index contributed by atoms with van der Waals surface area (Å²) in [4.78, 5) is 67.5. The minimum atomic E-state index is -1.95. The average Bonchev–Trinajstić information content (AvgIpc) is 2.45. The van der Waals surface area contributed by atoms with E-state index in [1.807, 2.05) is 0 Å². The van der Waals surface area contributed by atoms with Gasteiger partial charge in [0.15, 0.2) is 0 Å². The maximum Gasteiger partial charge on any atom is 0.307 e. The van der Waals surface area contributed by atoms with Gasteiger partial charge in [-0.3, -0.25) is 19.2 Å². The summed E-state index contributed by atoms with van der Waals surface area (Å²) in [5.74, 6) is -2.57. The number of Topliss-reactive ketones (excluding diaryl/α,β-unsaturated/α-hetero) is 2. The summed E-state index contributed by atoms with van der Waals surface area (Å²) >= 11 is 10.5. The minimum absolute atomic E-state index is 0.139. The van der Waals surface area contributed by atoms with Crippen LogP contribution in [0.2, 0.25) is 0 Å². The number of halogens is 2. The van der Waals surface area contributed by atoms with E-state index < -0.39 is 34.6 Å². The molecule has 0 fully saturated rings. The van der Waals surface area contributed by atoms with Crippen molar-refractivity contribution in [2.75, 3.05) is 0 Å². The van der Waals surface area contributed by atoms with Gasteiger partial charge in [-0.1, -0.05) is 0 Å². The predicted molar refractivity (Wildman–Crippen MR) is 81.3 cm³/mol. The van der Waals surface area contributed by atoms with E-state index in [4.69, 9.17) is 32.7 Å². The molecular weight excluding hydrogens is 367 g/mol. The second kappa shape index (κ2) is 10.9. The Hall–Kier alpha value is -1.80. The number of ether oxygens (including phenoxy) is 2. The van der Waals surface area contributed by atoms with E-state index in [-0.39, 0.29) is 37.2 Å². The molecule has 0 aliphatic carbocycles. The second-order valence-electron chi connectivity index (χ2n) is 4.83. The fourth-order valence-corrected chi connectivity index (χ4v) is 1.73. The number of carbonyl (C=O) groups excluding carboxylic acids is 6. The van der Waals surface area contributed by atoms with Crippen LogP contribution < -0.4 is 0 Å². The monoisotopic (exact) mass is 382 g/mol. The molecule has 0 radical (unpaired) electrons. The molecule has 0 aliphatic rings. The van der Waals surface area contributed by atoms with Crippen molar-refractivity contribution in [3.8, 4) is 0 Å². The standard InChI is InChI=1S/C14H16Cl2O8/c1-7(17)3-5-9(19)23-11(13(15)21)12(14(16)22)24-10(20)6-4-8(2)18/h11-12H,3-6H2,1-2H3. The largest absolute Gasteiger partial charge is 0.448 e. The summed E-state index contributed by atoms with van der Waals surface area (Å²) in [6, 6.07) is 0. The second-order valence-corrected chi connectivity index (χ2v) is 5.58. The lowest BCUT2D eigenvalue weighted by Crippen LogP contribution is -2.43. The Morgan fingerprint density at radius 3 is 1.17 bits per heavy atom. The molecule has 0 aromatic carbocycles. The molecule has 0 heterocycles. The summed E-state index contributed by atoms with van der Waals surface area (Å²) in [6.07, 6.45) is -4.87. The van der Waals surface area contributed by atoms with Crippen molar-refractivity contribution in [2.24, 2.45) is 0 Å². The highest BCUT2D eigenvalue weighted by molar-refractivity contribution is 6.67. The van der Waals surface area contributed by atoms with Crippen molar-refractivity contribution in [3.63, 3.8) is 0 Å². The molecule has 0 aliphatic heterocycles. The maximum atomic E-state index is 11.6. The Morgan fingerprint density at radius 1 is 0.667 bits per heavy atom. The van der Waals surface area contributed by atoms with Crippen molar-refractivity contribution in [3.05, 3.63) is 0 Å². The Morgan fingerprint density at radius 2 is 0.958 bits per heavy atom. The van der Waals surface area contributed by atoms with Crippen molar-refractivity contribution in [1.29, 1.82) is 0 Å². The van der Waals surface area contributed by atoms with Crippen LogP contribution in [-0.2, 0) is 38.2 Å². The number of hydrogen-bond donors (Lipinski definition) is 0. The van der Waals surface area contributed by atoms with Crippen LogP contribution in [0.25, 0.3) is 0 Å². The van der Waals surface area contributed by atoms with Gasteiger partial charge in [-0.25, -0.2) is 0 Å². The third-order valence-corrected chi connectivity index (χ3v) is 3.03. The maximum absolute atomic E-state index is 11.6. The lowest BCUT2D eigenvalue weighted by Gasteiger charge is -2.21. The molecule has 0 aromatic rings. The van der Waals surface area contributed by atoms with Gasteiger partial charge in [-0.2, -0.15) is 0 Å². The first-order chi connectivity index (χ1) is 11.0. The van der Waals surface area contributed by atoms with Crippen LogP contribution in [0.3, 0.4) is 0 Å². The van der Waals surface area contributed by atoms with Gasteiger partial charge in [-0.05, 0) is 37.0 Å². The summed E-state index contributed by atoms with van der Waals surface area (Å²) in [5, 5.41) is -2.57. The third kappa shape index (κ3) is 9.36. The molecule has 0 amide bonds. The van der Waals surface area contributed by atoms with Gasteiger partial charge in [-0.15, -0.1) is 0 Å². The van der Waals surface area contributed by atoms with Gasteiger partial charge < -0.3 is 19.1 Å². The Bertz CT molecular complexity index is 495. The smallest absolute Gasteiger partial charge is 0.307 e. The topological polar surface area (TPSA) is 121 Å². The van der Waals surface area contributed by atoms with E-state index in [9.17, 15) is 28.8 Å². The summed E-state index contributed by atoms with van der Waals surface area (Å²) in [5.41, 5.74) is 0. The van der Waals surface area contributed by atoms with Crippen LogP contribution >= 0.6 is 23.2 Å². The highest BCUT2D eigenvalue weighted by atomic mass is 35.5. The summed E-state index contributed by atoms with van der Waals surface area (Å²) in [6.45, 7) is 2.50. The number of ketones is 2. The Kier molecular flexibility index (Phi) is 10.1. The molecule has 10 heteroatoms. The molecule has 2 unspecified atom stereocenters. The highest BCUT2D eigenvalue weighted by Crippen LogP contribution is 2.15. The van der Waals surface area contributed by atoms with Crippen molar-refractivity contribution < 1.29 is 38.2 Å². The summed E-state index contributed by atoms with van der Waals surface area (Å²) < 4.78 is 9.38. The average molecular weight is 383 g/mol. The molecule has 0 aromatic heterocycles. The van der Waals surface area contributed by atoms with Crippen LogP contribution in [0.4, 0.5) is 0 Å². The van der Waals surface area contributed by atoms with Gasteiger partial charge >= 0.3 is 11.9 Å². The van der Waals surface area contributed by atoms with Crippen molar-refractivity contribution in [1.82, 2.24) is 0 Å². The Balaban J connectivity index is 4.97. The normalized spacial score (nSPS) is 12.7. The third-order valence-electron chi connectivity index (χ3n) is 2.60. The zero-order valence-corrected chi connectivity index (χ0v) is 14.5. The lowest BCUT2D eigenvalue weighted by atomic mass is 10.2. The van der Waals surface area contributed by atoms with Gasteiger partial charge in [0.05, 0.1) is 12.8 Å². The van der Waals surface area contributed by atoms with E-state index in [2.05, 4.69) is 0 Å². The first-order valence-electron chi connectivity index (χ1n) is 6.81. The molecule has 24 heavy (non-hydrogen) atoms. The van der Waals surface area contributed by atoms with Gasteiger partial charge in [0.2, 0.25) is 12.2 Å². The van der Waals surface area contributed by atoms with E-state index >= 15 is 0 Å². The predicted octanol–water partition coefficient (Wildman–Crippen LogP) is 1.08. The molecular formula is C14H16Cl2O8. The number of rotatable bonds is 11. The number of carbonyl (C=O) groups is 6. The number of esters is 2. The fraction of sp³-hybridized carbons (Fsp3) is 0.571. The molecule has 0 N–H and O–H groups in total. The molecule has 0 saturated carbocycles. The molecule has 0 rings (SSSR count). The SMILES string of the molecule is CC(=O)CCC(=O)OC(C(=O)Cl)C(OC(=O)CCC(C)=O)C(=O)Cl. The quantitative estimate of drug-likeness (QED) is 0.384. The lowest BCUT2D eigenvalue weighted by molar-refractivity contribution is -0.171. The van der Waals surface area contributed by atoms with Crippen LogP contribution in [0.15, 0.2) is 0 Å². The molecule has 0 saturated heterocycles. The van der Waals surface area contributed by atoms with Crippen LogP contribution in [0.1, 0.15) is 39.5 Å². The first kappa shape index (κ1) is 22.2. The van der Waals surface area contributed by atoms with E-state index in [0.717, 1.165) is 0 Å². The molecule has 134 valence electrons. The van der Waals surface area contributed by atoms with E-state index in [1.54, 1.807) is 0 Å². The van der Waals surface area contributed by atoms with Crippen molar-refractivity contribution >= 4 is 57.2 Å². The Labute approximate surface area is 147 Å². The van der Waals surface area contributed by atoms with Gasteiger partial charge in [0.25, 0.3) is 10.5 Å². The van der Waals surface area contributed by atoms with Crippen LogP contribution in [0, 0.1) is 0 Å². The van der Waals surface area contributed by atoms with Crippen LogP contribution in [-0.4, -0.2) is 46.2 Å². The molecule has 0 bridgehead atoms. The minimum Gasteiger partial charge on any atom is -0.448 e. The van der Waals surface area contributed by atoms with Crippen LogP contribution in [0.5, 0.6) is 0 Å². The van der Waals surface area contributed by atoms with Gasteiger partial charge in [0.1, 0.15) is 11.6 Å². The molecule has 2 atom stereocenters. The van der Waals surface area contributed by atoms with Gasteiger partial charge in [0, 0.05) is 12.8 Å². The van der Waals surface area contributed by atoms with Crippen molar-refractivity contribution in [2.45, 2.75) is 51.7 Å². The van der Waals surface area contributed by atoms with E-state index in [1.165, 1.54) is 13.8 Å². The number of hydrogen-bond acceptors (Lipinski definition) is 8. The molecule has 8 nitrogen and oxygen atoms in total.